The molecule has 1 nitrogen and oxygen atoms in total. The van der Waals surface area contributed by atoms with Crippen LogP contribution < -0.4 is 5.32 Å². The van der Waals surface area contributed by atoms with E-state index >= 15 is 0 Å². The Labute approximate surface area is 127 Å². The Bertz CT molecular complexity index is 489. The van der Waals surface area contributed by atoms with Gasteiger partial charge in [-0.05, 0) is 47.6 Å². The van der Waals surface area contributed by atoms with Gasteiger partial charge < -0.3 is 5.32 Å². The maximum Gasteiger partial charge on any atom is 0.0995 e. The molecule has 2 rings (SSSR count). The standard InChI is InChI=1S/C11H10BrCl2NS2/c1-5-6(3-8(12)16-5)10(15-2)7-4-9(13)17-11(7)14/h3-4,10,15H,1-2H3. The lowest BCUT2D eigenvalue weighted by Crippen LogP contribution is -2.17. The highest BCUT2D eigenvalue weighted by Gasteiger charge is 2.21. The van der Waals surface area contributed by atoms with Gasteiger partial charge in [-0.1, -0.05) is 23.2 Å². The quantitative estimate of drug-likeness (QED) is 0.752. The average Bonchev–Trinajstić information content (AvgIpc) is 2.73. The van der Waals surface area contributed by atoms with Crippen molar-refractivity contribution in [3.05, 3.63) is 40.6 Å². The van der Waals surface area contributed by atoms with Crippen molar-refractivity contribution in [2.24, 2.45) is 0 Å². The van der Waals surface area contributed by atoms with Crippen LogP contribution in [0, 0.1) is 6.92 Å². The largest absolute Gasteiger partial charge is 0.309 e. The fraction of sp³-hybridized carbons (Fsp3) is 0.273. The molecule has 92 valence electrons. The number of thiophene rings is 2. The normalized spacial score (nSPS) is 13.0. The predicted molar refractivity (Wildman–Crippen MR) is 82.0 cm³/mol. The summed E-state index contributed by atoms with van der Waals surface area (Å²) < 4.78 is 2.59. The first-order chi connectivity index (χ1) is 8.02. The van der Waals surface area contributed by atoms with Gasteiger partial charge in [0.05, 0.1) is 18.5 Å². The monoisotopic (exact) mass is 369 g/mol. The Kier molecular flexibility index (Phi) is 4.55. The Balaban J connectivity index is 2.47. The molecule has 1 unspecified atom stereocenters. The molecule has 2 heterocycles. The van der Waals surface area contributed by atoms with E-state index in [1.807, 2.05) is 13.1 Å². The van der Waals surface area contributed by atoms with Crippen LogP contribution in [0.3, 0.4) is 0 Å². The molecule has 0 aliphatic rings. The SMILES string of the molecule is CNC(c1cc(Br)sc1C)c1cc(Cl)sc1Cl. The van der Waals surface area contributed by atoms with E-state index in [2.05, 4.69) is 34.2 Å². The molecule has 0 fully saturated rings. The van der Waals surface area contributed by atoms with E-state index in [-0.39, 0.29) is 6.04 Å². The molecule has 0 bridgehead atoms. The highest BCUT2D eigenvalue weighted by atomic mass is 79.9. The lowest BCUT2D eigenvalue weighted by atomic mass is 10.0. The van der Waals surface area contributed by atoms with Crippen LogP contribution in [0.1, 0.15) is 22.0 Å². The summed E-state index contributed by atoms with van der Waals surface area (Å²) in [5, 5.41) is 3.29. The number of hydrogen-bond acceptors (Lipinski definition) is 3. The lowest BCUT2D eigenvalue weighted by molar-refractivity contribution is 0.693. The molecule has 2 aromatic rings. The van der Waals surface area contributed by atoms with Gasteiger partial charge in [-0.25, -0.2) is 0 Å². The van der Waals surface area contributed by atoms with Crippen molar-refractivity contribution in [3.8, 4) is 0 Å². The van der Waals surface area contributed by atoms with Crippen LogP contribution in [-0.4, -0.2) is 7.05 Å². The van der Waals surface area contributed by atoms with Gasteiger partial charge in [0, 0.05) is 10.4 Å². The molecule has 1 N–H and O–H groups in total. The van der Waals surface area contributed by atoms with Crippen molar-refractivity contribution in [2.75, 3.05) is 7.05 Å². The number of halogens is 3. The van der Waals surface area contributed by atoms with Crippen LogP contribution >= 0.6 is 61.8 Å². The van der Waals surface area contributed by atoms with Gasteiger partial charge in [0.1, 0.15) is 0 Å². The van der Waals surface area contributed by atoms with Crippen molar-refractivity contribution < 1.29 is 0 Å². The zero-order valence-electron chi connectivity index (χ0n) is 9.18. The van der Waals surface area contributed by atoms with Gasteiger partial charge in [-0.15, -0.1) is 22.7 Å². The smallest absolute Gasteiger partial charge is 0.0995 e. The predicted octanol–water partition coefficient (Wildman–Crippen LogP) is 5.50. The first-order valence-electron chi connectivity index (χ1n) is 4.90. The fourth-order valence-corrected chi connectivity index (χ4v) is 5.05. The van der Waals surface area contributed by atoms with Crippen LogP contribution in [0.5, 0.6) is 0 Å². The third-order valence-electron chi connectivity index (χ3n) is 2.52. The van der Waals surface area contributed by atoms with Crippen LogP contribution in [0.2, 0.25) is 8.67 Å². The number of aryl methyl sites for hydroxylation is 1. The number of nitrogens with one attached hydrogen (secondary N) is 1. The molecule has 0 amide bonds. The summed E-state index contributed by atoms with van der Waals surface area (Å²) >= 11 is 18.9. The third kappa shape index (κ3) is 2.88. The maximum atomic E-state index is 6.21. The van der Waals surface area contributed by atoms with Crippen LogP contribution in [0.25, 0.3) is 0 Å². The zero-order valence-corrected chi connectivity index (χ0v) is 13.9. The first-order valence-corrected chi connectivity index (χ1v) is 8.09. The highest BCUT2D eigenvalue weighted by molar-refractivity contribution is 9.11. The Hall–Kier alpha value is 0.420. The van der Waals surface area contributed by atoms with Crippen molar-refractivity contribution >= 4 is 61.8 Å². The van der Waals surface area contributed by atoms with Crippen LogP contribution in [-0.2, 0) is 0 Å². The van der Waals surface area contributed by atoms with Gasteiger partial charge >= 0.3 is 0 Å². The molecular weight excluding hydrogens is 361 g/mol. The summed E-state index contributed by atoms with van der Waals surface area (Å²) in [5.41, 5.74) is 2.28. The van der Waals surface area contributed by atoms with E-state index in [4.69, 9.17) is 23.2 Å². The second kappa shape index (κ2) is 5.59. The van der Waals surface area contributed by atoms with Gasteiger partial charge in [-0.3, -0.25) is 0 Å². The lowest BCUT2D eigenvalue weighted by Gasteiger charge is -2.15. The minimum atomic E-state index is 0.0915. The minimum Gasteiger partial charge on any atom is -0.309 e. The molecule has 0 radical (unpaired) electrons. The summed E-state index contributed by atoms with van der Waals surface area (Å²) in [4.78, 5) is 1.27. The van der Waals surface area contributed by atoms with Gasteiger partial charge in [0.2, 0.25) is 0 Å². The highest BCUT2D eigenvalue weighted by Crippen LogP contribution is 2.40. The Morgan fingerprint density at radius 3 is 2.35 bits per heavy atom. The molecule has 0 spiro atoms. The van der Waals surface area contributed by atoms with E-state index in [0.29, 0.717) is 0 Å². The van der Waals surface area contributed by atoms with Gasteiger partial charge in [0.15, 0.2) is 0 Å². The Morgan fingerprint density at radius 2 is 1.94 bits per heavy atom. The van der Waals surface area contributed by atoms with E-state index in [9.17, 15) is 0 Å². The van der Waals surface area contributed by atoms with E-state index in [1.54, 1.807) is 11.3 Å². The average molecular weight is 371 g/mol. The number of hydrogen-bond donors (Lipinski definition) is 1. The number of rotatable bonds is 3. The van der Waals surface area contributed by atoms with Crippen molar-refractivity contribution in [3.63, 3.8) is 0 Å². The summed E-state index contributed by atoms with van der Waals surface area (Å²) in [6.07, 6.45) is 0. The molecule has 6 heteroatoms. The molecule has 1 atom stereocenters. The molecule has 0 saturated heterocycles. The molecular formula is C11H10BrCl2NS2. The van der Waals surface area contributed by atoms with E-state index < -0.39 is 0 Å². The van der Waals surface area contributed by atoms with E-state index in [0.717, 1.165) is 18.0 Å². The fourth-order valence-electron chi connectivity index (χ4n) is 1.77. The molecule has 0 aliphatic heterocycles. The first kappa shape index (κ1) is 13.8. The van der Waals surface area contributed by atoms with Crippen molar-refractivity contribution in [1.29, 1.82) is 0 Å². The second-order valence-electron chi connectivity index (χ2n) is 3.56. The maximum absolute atomic E-state index is 6.21. The van der Waals surface area contributed by atoms with Gasteiger partial charge in [-0.2, -0.15) is 0 Å². The minimum absolute atomic E-state index is 0.0915. The van der Waals surface area contributed by atoms with Crippen LogP contribution in [0.4, 0.5) is 0 Å². The van der Waals surface area contributed by atoms with Gasteiger partial charge in [0.25, 0.3) is 0 Å². The van der Waals surface area contributed by atoms with Crippen molar-refractivity contribution in [2.45, 2.75) is 13.0 Å². The van der Waals surface area contributed by atoms with Crippen LogP contribution in [0.15, 0.2) is 15.9 Å². The summed E-state index contributed by atoms with van der Waals surface area (Å²) in [5.74, 6) is 0. The summed E-state index contributed by atoms with van der Waals surface area (Å²) in [6.45, 7) is 2.11. The summed E-state index contributed by atoms with van der Waals surface area (Å²) in [7, 11) is 1.93. The third-order valence-corrected chi connectivity index (χ3v) is 5.61. The molecule has 0 saturated carbocycles. The second-order valence-corrected chi connectivity index (χ2v) is 8.48. The Morgan fingerprint density at radius 1 is 1.24 bits per heavy atom. The van der Waals surface area contributed by atoms with E-state index in [1.165, 1.54) is 21.8 Å². The van der Waals surface area contributed by atoms with Crippen molar-refractivity contribution in [1.82, 2.24) is 5.32 Å². The zero-order chi connectivity index (χ0) is 12.6. The summed E-state index contributed by atoms with van der Waals surface area (Å²) in [6, 6.07) is 4.15. The molecule has 17 heavy (non-hydrogen) atoms. The topological polar surface area (TPSA) is 12.0 Å². The molecule has 2 aromatic heterocycles. The molecule has 0 aliphatic carbocycles. The molecule has 0 aromatic carbocycles.